The fourth-order valence-electron chi connectivity index (χ4n) is 3.90. The van der Waals surface area contributed by atoms with Crippen molar-refractivity contribution in [3.05, 3.63) is 54.6 Å². The van der Waals surface area contributed by atoms with E-state index in [2.05, 4.69) is 15.5 Å². The van der Waals surface area contributed by atoms with Crippen molar-refractivity contribution in [1.29, 1.82) is 0 Å². The lowest BCUT2D eigenvalue weighted by atomic mass is 9.89. The highest BCUT2D eigenvalue weighted by Crippen LogP contribution is 2.41. The number of allylic oxidation sites excluding steroid dienone is 2. The maximum Gasteiger partial charge on any atom is 0.306 e. The molecule has 4 nitrogen and oxygen atoms in total. The Labute approximate surface area is 172 Å². The molecule has 1 aliphatic carbocycles. The predicted octanol–water partition coefficient (Wildman–Crippen LogP) is 5.11. The Morgan fingerprint density at radius 2 is 2.03 bits per heavy atom. The van der Waals surface area contributed by atoms with Crippen molar-refractivity contribution >= 4 is 15.4 Å². The average Bonchev–Trinajstić information content (AvgIpc) is 3.05. The van der Waals surface area contributed by atoms with Crippen molar-refractivity contribution in [2.45, 2.75) is 50.2 Å². The Morgan fingerprint density at radius 1 is 1.24 bits per heavy atom. The van der Waals surface area contributed by atoms with Crippen LogP contribution in [-0.4, -0.2) is 30.7 Å². The van der Waals surface area contributed by atoms with Crippen LogP contribution in [-0.2, 0) is 14.1 Å². The highest BCUT2D eigenvalue weighted by atomic mass is 31.0. The first-order valence-corrected chi connectivity index (χ1v) is 10.4. The fraction of sp³-hybridized carbons (Fsp3) is 0.500. The zero-order valence-corrected chi connectivity index (χ0v) is 17.4. The van der Waals surface area contributed by atoms with E-state index in [1.165, 1.54) is 6.08 Å². The molecule has 0 radical (unpaired) electrons. The molecule has 0 amide bonds. The number of fused-ring (bicyclic) bond motifs is 1. The molecule has 0 spiro atoms. The molecule has 0 aromatic heterocycles. The second-order valence-corrected chi connectivity index (χ2v) is 7.77. The largest absolute Gasteiger partial charge is 0.487 e. The van der Waals surface area contributed by atoms with Gasteiger partial charge in [-0.25, -0.2) is 0 Å². The topological polar surface area (TPSA) is 44.8 Å². The Morgan fingerprint density at radius 3 is 2.79 bits per heavy atom. The van der Waals surface area contributed by atoms with Crippen molar-refractivity contribution in [3.63, 3.8) is 0 Å². The molecule has 0 saturated heterocycles. The van der Waals surface area contributed by atoms with Crippen LogP contribution in [0.2, 0.25) is 0 Å². The normalized spacial score (nSPS) is 29.3. The first kappa shape index (κ1) is 21.9. The predicted molar refractivity (Wildman–Crippen MR) is 110 cm³/mol. The molecule has 5 atom stereocenters. The maximum absolute atomic E-state index is 14.4. The lowest BCUT2D eigenvalue weighted by Crippen LogP contribution is -2.27. The van der Waals surface area contributed by atoms with Gasteiger partial charge in [-0.3, -0.25) is 4.79 Å². The van der Waals surface area contributed by atoms with Crippen molar-refractivity contribution in [3.8, 4) is 5.75 Å². The van der Waals surface area contributed by atoms with Gasteiger partial charge in [0.2, 0.25) is 0 Å². The van der Waals surface area contributed by atoms with Gasteiger partial charge >= 0.3 is 5.97 Å². The fourth-order valence-corrected chi connectivity index (χ4v) is 4.19. The van der Waals surface area contributed by atoms with Crippen LogP contribution >= 0.6 is 9.47 Å². The summed E-state index contributed by atoms with van der Waals surface area (Å²) < 4.78 is 45.1. The van der Waals surface area contributed by atoms with Gasteiger partial charge in [0.25, 0.3) is 5.92 Å². The minimum atomic E-state index is -3.12. The van der Waals surface area contributed by atoms with Gasteiger partial charge in [-0.05, 0) is 37.5 Å². The molecule has 1 fully saturated rings. The number of esters is 1. The summed E-state index contributed by atoms with van der Waals surface area (Å²) in [6, 6.07) is 8.54. The summed E-state index contributed by atoms with van der Waals surface area (Å²) in [5.74, 6) is -3.33. The van der Waals surface area contributed by atoms with Gasteiger partial charge < -0.3 is 14.0 Å². The van der Waals surface area contributed by atoms with E-state index in [0.29, 0.717) is 25.0 Å². The Hall–Kier alpha value is -1.78. The summed E-state index contributed by atoms with van der Waals surface area (Å²) in [6.07, 6.45) is 8.95. The van der Waals surface area contributed by atoms with Gasteiger partial charge in [-0.1, -0.05) is 36.4 Å². The van der Waals surface area contributed by atoms with Gasteiger partial charge in [-0.2, -0.15) is 8.78 Å². The molecule has 1 heterocycles. The molecule has 1 aliphatic heterocycles. The first-order chi connectivity index (χ1) is 14.0. The Kier molecular flexibility index (Phi) is 7.79. The summed E-state index contributed by atoms with van der Waals surface area (Å²) in [4.78, 5) is 12.0. The number of carbonyl (C=O) groups excluding carboxylic acids is 1. The molecule has 1 aromatic rings. The smallest absolute Gasteiger partial charge is 0.306 e. The Balaban J connectivity index is 1.70. The second kappa shape index (κ2) is 10.3. The standard InChI is InChI=1S/C22H27F2O4P/c23-22(24,15-26-16-8-4-3-5-9-16)13-12-18-17-10-6-1-2-7-11-21(25)27-19(17)14-20(18)28-29/h1,3-6,8-9,12-13,17-20H,2,7,10-11,14-15,29H2/b6-1-,13-12+/t17-,18-,19+,20-/m1/s1. The number of halogens is 2. The van der Waals surface area contributed by atoms with Gasteiger partial charge in [0.1, 0.15) is 11.9 Å². The lowest BCUT2D eigenvalue weighted by molar-refractivity contribution is -0.151. The van der Waals surface area contributed by atoms with Crippen LogP contribution < -0.4 is 4.74 Å². The van der Waals surface area contributed by atoms with E-state index in [1.807, 2.05) is 6.08 Å². The van der Waals surface area contributed by atoms with Crippen LogP contribution in [0.15, 0.2) is 54.6 Å². The molecule has 2 aliphatic rings. The minimum Gasteiger partial charge on any atom is -0.487 e. The van der Waals surface area contributed by atoms with Crippen LogP contribution in [0.1, 0.15) is 32.1 Å². The first-order valence-electron chi connectivity index (χ1n) is 9.93. The van der Waals surface area contributed by atoms with Gasteiger partial charge in [-0.15, -0.1) is 0 Å². The Bertz CT molecular complexity index is 723. The number of hydrogen-bond acceptors (Lipinski definition) is 4. The summed E-state index contributed by atoms with van der Waals surface area (Å²) in [5.41, 5.74) is 0. The van der Waals surface area contributed by atoms with E-state index >= 15 is 0 Å². The molecule has 158 valence electrons. The number of hydrogen-bond donors (Lipinski definition) is 0. The molecule has 1 saturated carbocycles. The van der Waals surface area contributed by atoms with E-state index in [0.717, 1.165) is 18.9 Å². The summed E-state index contributed by atoms with van der Waals surface area (Å²) in [7, 11) is 2.21. The number of benzene rings is 1. The average molecular weight is 424 g/mol. The van der Waals surface area contributed by atoms with Crippen molar-refractivity contribution in [2.75, 3.05) is 6.61 Å². The second-order valence-electron chi connectivity index (χ2n) is 7.50. The molecule has 0 N–H and O–H groups in total. The molecular formula is C22H27F2O4P. The third-order valence-corrected chi connectivity index (χ3v) is 5.74. The van der Waals surface area contributed by atoms with Crippen molar-refractivity contribution in [1.82, 2.24) is 0 Å². The summed E-state index contributed by atoms with van der Waals surface area (Å²) in [5, 5.41) is 0. The number of rotatable bonds is 6. The van der Waals surface area contributed by atoms with Crippen LogP contribution in [0.25, 0.3) is 0 Å². The maximum atomic E-state index is 14.4. The summed E-state index contributed by atoms with van der Waals surface area (Å²) in [6.45, 7) is -0.740. The zero-order chi connectivity index (χ0) is 20.7. The molecule has 1 aromatic carbocycles. The van der Waals surface area contributed by atoms with Gasteiger partial charge in [0.15, 0.2) is 6.61 Å². The quantitative estimate of drug-likeness (QED) is 0.362. The van der Waals surface area contributed by atoms with Gasteiger partial charge in [0.05, 0.1) is 6.10 Å². The van der Waals surface area contributed by atoms with Crippen molar-refractivity contribution in [2.24, 2.45) is 11.8 Å². The molecule has 7 heteroatoms. The molecular weight excluding hydrogens is 397 g/mol. The minimum absolute atomic E-state index is 0.0964. The third kappa shape index (κ3) is 6.35. The highest BCUT2D eigenvalue weighted by molar-refractivity contribution is 7.09. The zero-order valence-electron chi connectivity index (χ0n) is 16.2. The molecule has 29 heavy (non-hydrogen) atoms. The molecule has 3 rings (SSSR count). The van der Waals surface area contributed by atoms with Crippen LogP contribution in [0.5, 0.6) is 5.75 Å². The number of para-hydroxylation sites is 1. The third-order valence-electron chi connectivity index (χ3n) is 5.39. The van der Waals surface area contributed by atoms with E-state index in [4.69, 9.17) is 14.0 Å². The van der Waals surface area contributed by atoms with E-state index in [-0.39, 0.29) is 30.0 Å². The van der Waals surface area contributed by atoms with Crippen LogP contribution in [0.4, 0.5) is 8.78 Å². The highest BCUT2D eigenvalue weighted by Gasteiger charge is 2.44. The van der Waals surface area contributed by atoms with E-state index < -0.39 is 12.5 Å². The van der Waals surface area contributed by atoms with Crippen LogP contribution in [0.3, 0.4) is 0 Å². The SMILES string of the molecule is O=C1CCC/C=C\C[C@@H]2[C@@H](/C=C/C(F)(F)COc3ccccc3)[C@H](OP)C[C@@H]2O1. The van der Waals surface area contributed by atoms with E-state index in [1.54, 1.807) is 30.3 Å². The van der Waals surface area contributed by atoms with E-state index in [9.17, 15) is 13.6 Å². The molecule has 0 bridgehead atoms. The summed E-state index contributed by atoms with van der Waals surface area (Å²) >= 11 is 0. The van der Waals surface area contributed by atoms with Crippen molar-refractivity contribution < 1.29 is 27.6 Å². The lowest BCUT2D eigenvalue weighted by Gasteiger charge is -2.24. The number of carbonyl (C=O) groups is 1. The molecule has 1 unspecified atom stereocenters. The van der Waals surface area contributed by atoms with Gasteiger partial charge in [0, 0.05) is 34.1 Å². The van der Waals surface area contributed by atoms with Crippen LogP contribution in [0, 0.1) is 11.8 Å². The number of ether oxygens (including phenoxy) is 2. The monoisotopic (exact) mass is 424 g/mol. The number of alkyl halides is 2.